The number of nitro groups is 1. The zero-order chi connectivity index (χ0) is 13.1. The molecule has 2 rings (SSSR count). The summed E-state index contributed by atoms with van der Waals surface area (Å²) < 4.78 is 0. The number of hydrogen-bond donors (Lipinski definition) is 0. The molecule has 0 aliphatic rings. The molecular weight excluding hydrogens is 274 g/mol. The van der Waals surface area contributed by atoms with E-state index in [4.69, 9.17) is 11.6 Å². The number of benzene rings is 1. The molecule has 5 nitrogen and oxygen atoms in total. The van der Waals surface area contributed by atoms with E-state index in [-0.39, 0.29) is 10.6 Å². The average Bonchev–Trinajstić information content (AvgIpc) is 2.78. The lowest BCUT2D eigenvalue weighted by molar-refractivity contribution is -0.385. The van der Waals surface area contributed by atoms with Gasteiger partial charge in [0.1, 0.15) is 10.0 Å². The van der Waals surface area contributed by atoms with Crippen LogP contribution in [0.5, 0.6) is 0 Å². The van der Waals surface area contributed by atoms with Crippen LogP contribution in [0.2, 0.25) is 0 Å². The van der Waals surface area contributed by atoms with Crippen LogP contribution in [0.1, 0.15) is 10.6 Å². The van der Waals surface area contributed by atoms with Gasteiger partial charge in [-0.3, -0.25) is 10.1 Å². The number of hydrogen-bond acceptors (Lipinski definition) is 5. The number of nitro benzene ring substituents is 1. The number of alkyl halides is 1. The van der Waals surface area contributed by atoms with Crippen molar-refractivity contribution in [3.05, 3.63) is 38.9 Å². The summed E-state index contributed by atoms with van der Waals surface area (Å²) in [5, 5.41) is 20.4. The van der Waals surface area contributed by atoms with E-state index < -0.39 is 0 Å². The first-order valence-corrected chi connectivity index (χ1v) is 6.60. The van der Waals surface area contributed by atoms with Crippen LogP contribution in [0.3, 0.4) is 0 Å². The lowest BCUT2D eigenvalue weighted by Crippen LogP contribution is -1.91. The van der Waals surface area contributed by atoms with E-state index in [2.05, 4.69) is 10.2 Å². The van der Waals surface area contributed by atoms with E-state index in [1.807, 2.05) is 6.07 Å². The first-order valence-electron chi connectivity index (χ1n) is 5.25. The summed E-state index contributed by atoms with van der Waals surface area (Å²) >= 11 is 7.04. The van der Waals surface area contributed by atoms with E-state index in [9.17, 15) is 10.1 Å². The molecule has 2 aromatic rings. The maximum atomic E-state index is 10.9. The van der Waals surface area contributed by atoms with Crippen LogP contribution in [0, 0.1) is 17.0 Å². The first-order chi connectivity index (χ1) is 8.61. The Balaban J connectivity index is 2.38. The molecule has 0 saturated carbocycles. The molecule has 0 aliphatic heterocycles. The second-order valence-corrected chi connectivity index (χ2v) is 5.14. The quantitative estimate of drug-likeness (QED) is 0.491. The highest BCUT2D eigenvalue weighted by Gasteiger charge is 2.14. The zero-order valence-corrected chi connectivity index (χ0v) is 11.2. The topological polar surface area (TPSA) is 68.9 Å². The first kappa shape index (κ1) is 12.9. The number of aryl methyl sites for hydroxylation is 2. The van der Waals surface area contributed by atoms with Crippen LogP contribution >= 0.6 is 22.9 Å². The summed E-state index contributed by atoms with van der Waals surface area (Å²) in [7, 11) is 0. The molecule has 7 heteroatoms. The van der Waals surface area contributed by atoms with Gasteiger partial charge in [-0.05, 0) is 6.92 Å². The van der Waals surface area contributed by atoms with E-state index in [1.54, 1.807) is 13.0 Å². The Hall–Kier alpha value is -1.53. The molecule has 18 heavy (non-hydrogen) atoms. The lowest BCUT2D eigenvalue weighted by atomic mass is 10.1. The van der Waals surface area contributed by atoms with E-state index in [0.717, 1.165) is 5.01 Å². The van der Waals surface area contributed by atoms with Crippen LogP contribution in [-0.4, -0.2) is 21.0 Å². The Morgan fingerprint density at radius 3 is 2.89 bits per heavy atom. The number of nitrogens with zero attached hydrogens (tertiary/aromatic N) is 3. The van der Waals surface area contributed by atoms with Gasteiger partial charge in [0.25, 0.3) is 5.69 Å². The smallest absolute Gasteiger partial charge is 0.258 e. The van der Waals surface area contributed by atoms with Gasteiger partial charge in [0.15, 0.2) is 0 Å². The van der Waals surface area contributed by atoms with E-state index >= 15 is 0 Å². The molecule has 0 spiro atoms. The summed E-state index contributed by atoms with van der Waals surface area (Å²) in [6.45, 7) is 1.71. The van der Waals surface area contributed by atoms with Gasteiger partial charge in [0.2, 0.25) is 0 Å². The van der Waals surface area contributed by atoms with Gasteiger partial charge in [0, 0.05) is 29.5 Å². The van der Waals surface area contributed by atoms with Crippen LogP contribution in [0.25, 0.3) is 10.6 Å². The van der Waals surface area contributed by atoms with Crippen molar-refractivity contribution in [1.29, 1.82) is 0 Å². The maximum Gasteiger partial charge on any atom is 0.273 e. The molecule has 0 saturated heterocycles. The fourth-order valence-electron chi connectivity index (χ4n) is 1.49. The van der Waals surface area contributed by atoms with Crippen molar-refractivity contribution in [1.82, 2.24) is 10.2 Å². The van der Waals surface area contributed by atoms with E-state index in [1.165, 1.54) is 17.4 Å². The van der Waals surface area contributed by atoms with Gasteiger partial charge in [-0.15, -0.1) is 21.8 Å². The van der Waals surface area contributed by atoms with Crippen molar-refractivity contribution in [2.45, 2.75) is 13.3 Å². The second-order valence-electron chi connectivity index (χ2n) is 3.70. The molecule has 1 heterocycles. The average molecular weight is 284 g/mol. The summed E-state index contributed by atoms with van der Waals surface area (Å²) in [6, 6.07) is 5.06. The Morgan fingerprint density at radius 2 is 2.22 bits per heavy atom. The third-order valence-electron chi connectivity index (χ3n) is 2.43. The summed E-state index contributed by atoms with van der Waals surface area (Å²) in [4.78, 5) is 10.5. The van der Waals surface area contributed by atoms with Gasteiger partial charge in [-0.1, -0.05) is 23.5 Å². The Kier molecular flexibility index (Phi) is 3.88. The van der Waals surface area contributed by atoms with Gasteiger partial charge < -0.3 is 0 Å². The van der Waals surface area contributed by atoms with Crippen molar-refractivity contribution in [3.8, 4) is 10.6 Å². The van der Waals surface area contributed by atoms with Crippen molar-refractivity contribution in [2.75, 3.05) is 5.88 Å². The molecule has 0 unspecified atom stereocenters. The standard InChI is InChI=1S/C11H10ClN3O2S/c1-7-2-3-8(6-9(7)15(16)17)11-14-13-10(18-11)4-5-12/h2-3,6H,4-5H2,1H3. The van der Waals surface area contributed by atoms with Crippen molar-refractivity contribution >= 4 is 28.6 Å². The normalized spacial score (nSPS) is 10.6. The molecule has 0 N–H and O–H groups in total. The van der Waals surface area contributed by atoms with Crippen molar-refractivity contribution in [3.63, 3.8) is 0 Å². The van der Waals surface area contributed by atoms with Crippen molar-refractivity contribution in [2.24, 2.45) is 0 Å². The number of rotatable bonds is 4. The van der Waals surface area contributed by atoms with Crippen LogP contribution < -0.4 is 0 Å². The minimum Gasteiger partial charge on any atom is -0.258 e. The number of halogens is 1. The molecule has 1 aromatic heterocycles. The molecule has 94 valence electrons. The Morgan fingerprint density at radius 1 is 1.44 bits per heavy atom. The SMILES string of the molecule is Cc1ccc(-c2nnc(CCCl)s2)cc1[N+](=O)[O-]. The van der Waals surface area contributed by atoms with Gasteiger partial charge in [-0.2, -0.15) is 0 Å². The van der Waals surface area contributed by atoms with Crippen molar-refractivity contribution < 1.29 is 4.92 Å². The third kappa shape index (κ3) is 2.65. The molecule has 0 fully saturated rings. The maximum absolute atomic E-state index is 10.9. The third-order valence-corrected chi connectivity index (χ3v) is 3.65. The summed E-state index contributed by atoms with van der Waals surface area (Å²) in [5.41, 5.74) is 1.45. The molecule has 0 aliphatic carbocycles. The van der Waals surface area contributed by atoms with Gasteiger partial charge in [0.05, 0.1) is 4.92 Å². The largest absolute Gasteiger partial charge is 0.273 e. The Labute approximate surface area is 113 Å². The predicted octanol–water partition coefficient (Wildman–Crippen LogP) is 3.20. The highest BCUT2D eigenvalue weighted by molar-refractivity contribution is 7.14. The zero-order valence-electron chi connectivity index (χ0n) is 9.59. The van der Waals surface area contributed by atoms with Crippen LogP contribution in [-0.2, 0) is 6.42 Å². The summed E-state index contributed by atoms with van der Waals surface area (Å²) in [5.74, 6) is 0.489. The lowest BCUT2D eigenvalue weighted by Gasteiger charge is -1.99. The molecular formula is C11H10ClN3O2S. The minimum atomic E-state index is -0.389. The highest BCUT2D eigenvalue weighted by atomic mass is 35.5. The fraction of sp³-hybridized carbons (Fsp3) is 0.273. The molecule has 0 atom stereocenters. The molecule has 0 radical (unpaired) electrons. The summed E-state index contributed by atoms with van der Waals surface area (Å²) in [6.07, 6.45) is 0.660. The fourth-order valence-corrected chi connectivity index (χ4v) is 2.62. The number of aromatic nitrogens is 2. The molecule has 0 bridgehead atoms. The minimum absolute atomic E-state index is 0.0987. The molecule has 0 amide bonds. The van der Waals surface area contributed by atoms with Gasteiger partial charge in [-0.25, -0.2) is 0 Å². The molecule has 1 aromatic carbocycles. The monoisotopic (exact) mass is 283 g/mol. The van der Waals surface area contributed by atoms with Crippen LogP contribution in [0.15, 0.2) is 18.2 Å². The van der Waals surface area contributed by atoms with E-state index in [0.29, 0.717) is 28.4 Å². The Bertz CT molecular complexity index is 585. The highest BCUT2D eigenvalue weighted by Crippen LogP contribution is 2.29. The second kappa shape index (κ2) is 5.41. The van der Waals surface area contributed by atoms with Crippen LogP contribution in [0.4, 0.5) is 5.69 Å². The predicted molar refractivity (Wildman–Crippen MR) is 71.2 cm³/mol. The van der Waals surface area contributed by atoms with Gasteiger partial charge >= 0.3 is 0 Å².